The maximum Gasteiger partial charge on any atom is 0.340 e. The highest BCUT2D eigenvalue weighted by Gasteiger charge is 2.17. The second-order valence-electron chi connectivity index (χ2n) is 6.97. The van der Waals surface area contributed by atoms with E-state index in [0.29, 0.717) is 34.1 Å². The number of fused-ring (bicyclic) bond motifs is 1. The van der Waals surface area contributed by atoms with Gasteiger partial charge in [-0.2, -0.15) is 10.1 Å². The Morgan fingerprint density at radius 2 is 2.00 bits per heavy atom. The third kappa shape index (κ3) is 4.04. The van der Waals surface area contributed by atoms with Crippen LogP contribution in [0.2, 0.25) is 0 Å². The molecule has 0 amide bonds. The summed E-state index contributed by atoms with van der Waals surface area (Å²) in [5.41, 5.74) is 1.65. The molecule has 0 saturated heterocycles. The summed E-state index contributed by atoms with van der Waals surface area (Å²) in [6.07, 6.45) is 3.14. The highest BCUT2D eigenvalue weighted by atomic mass is 16.6. The van der Waals surface area contributed by atoms with Gasteiger partial charge in [-0.15, -0.1) is 0 Å². The molecule has 0 aliphatic carbocycles. The fraction of sp³-hybridized carbons (Fsp3) is 0.286. The molecule has 10 heteroatoms. The largest absolute Gasteiger partial charge is 0.497 e. The number of hydrogen-bond acceptors (Lipinski definition) is 9. The summed E-state index contributed by atoms with van der Waals surface area (Å²) in [5, 5.41) is 8.99. The van der Waals surface area contributed by atoms with E-state index in [0.717, 1.165) is 5.39 Å². The SMILES string of the molecule is COc1ccc(-c2noc(COC(=O)c3cnc4c(cnn4C(C)C)c3)n2)c(OC)c1. The minimum absolute atomic E-state index is 0.155. The molecule has 0 saturated carbocycles. The highest BCUT2D eigenvalue weighted by Crippen LogP contribution is 2.31. The first-order chi connectivity index (χ1) is 15.0. The lowest BCUT2D eigenvalue weighted by Crippen LogP contribution is -2.07. The Morgan fingerprint density at radius 3 is 2.74 bits per heavy atom. The Kier molecular flexibility index (Phi) is 5.52. The molecule has 10 nitrogen and oxygen atoms in total. The molecule has 1 aromatic carbocycles. The second kappa shape index (κ2) is 8.42. The molecule has 0 radical (unpaired) electrons. The number of nitrogens with zero attached hydrogens (tertiary/aromatic N) is 5. The Bertz CT molecular complexity index is 1230. The third-order valence-corrected chi connectivity index (χ3v) is 4.60. The predicted octanol–water partition coefficient (Wildman–Crippen LogP) is 3.44. The van der Waals surface area contributed by atoms with Crippen LogP contribution in [0.15, 0.2) is 41.2 Å². The van der Waals surface area contributed by atoms with Crippen LogP contribution in [0, 0.1) is 0 Å². The van der Waals surface area contributed by atoms with Crippen LogP contribution in [-0.4, -0.2) is 45.1 Å². The average Bonchev–Trinajstić information content (AvgIpc) is 3.43. The first kappa shape index (κ1) is 20.3. The molecule has 3 heterocycles. The van der Waals surface area contributed by atoms with Crippen LogP contribution >= 0.6 is 0 Å². The average molecular weight is 423 g/mol. The van der Waals surface area contributed by atoms with Crippen LogP contribution in [0.4, 0.5) is 0 Å². The fourth-order valence-corrected chi connectivity index (χ4v) is 3.05. The fourth-order valence-electron chi connectivity index (χ4n) is 3.05. The zero-order valence-electron chi connectivity index (χ0n) is 17.5. The summed E-state index contributed by atoms with van der Waals surface area (Å²) in [6, 6.07) is 7.10. The lowest BCUT2D eigenvalue weighted by atomic mass is 10.2. The zero-order chi connectivity index (χ0) is 22.0. The quantitative estimate of drug-likeness (QED) is 0.412. The molecule has 3 aromatic heterocycles. The molecule has 4 aromatic rings. The molecule has 0 aliphatic heterocycles. The van der Waals surface area contributed by atoms with Gasteiger partial charge < -0.3 is 18.7 Å². The van der Waals surface area contributed by atoms with Crippen LogP contribution < -0.4 is 9.47 Å². The number of carbonyl (C=O) groups excluding carboxylic acids is 1. The monoisotopic (exact) mass is 423 g/mol. The minimum atomic E-state index is -0.548. The Hall–Kier alpha value is -3.95. The van der Waals surface area contributed by atoms with Gasteiger partial charge in [0.15, 0.2) is 12.3 Å². The number of pyridine rings is 1. The molecular weight excluding hydrogens is 402 g/mol. The van der Waals surface area contributed by atoms with Crippen LogP contribution in [0.1, 0.15) is 36.1 Å². The van der Waals surface area contributed by atoms with Crippen molar-refractivity contribution in [2.75, 3.05) is 14.2 Å². The van der Waals surface area contributed by atoms with E-state index >= 15 is 0 Å². The summed E-state index contributed by atoms with van der Waals surface area (Å²) in [7, 11) is 3.11. The van der Waals surface area contributed by atoms with Crippen molar-refractivity contribution in [3.63, 3.8) is 0 Å². The number of hydrogen-bond donors (Lipinski definition) is 0. The molecule has 0 bridgehead atoms. The van der Waals surface area contributed by atoms with Gasteiger partial charge in [0.05, 0.1) is 31.5 Å². The smallest absolute Gasteiger partial charge is 0.340 e. The molecule has 0 aliphatic rings. The number of benzene rings is 1. The first-order valence-electron chi connectivity index (χ1n) is 9.55. The van der Waals surface area contributed by atoms with E-state index in [1.807, 2.05) is 13.8 Å². The van der Waals surface area contributed by atoms with Gasteiger partial charge in [0.25, 0.3) is 5.89 Å². The molecule has 0 atom stereocenters. The van der Waals surface area contributed by atoms with Crippen molar-refractivity contribution in [3.05, 3.63) is 48.1 Å². The highest BCUT2D eigenvalue weighted by molar-refractivity contribution is 5.92. The number of carbonyl (C=O) groups is 1. The first-order valence-corrected chi connectivity index (χ1v) is 9.55. The van der Waals surface area contributed by atoms with Crippen molar-refractivity contribution in [1.82, 2.24) is 24.9 Å². The Morgan fingerprint density at radius 1 is 1.16 bits per heavy atom. The Balaban J connectivity index is 1.46. The Labute approximate surface area is 177 Å². The molecule has 160 valence electrons. The van der Waals surface area contributed by atoms with Gasteiger partial charge in [-0.05, 0) is 32.0 Å². The number of aromatic nitrogens is 5. The number of methoxy groups -OCH3 is 2. The third-order valence-electron chi connectivity index (χ3n) is 4.60. The van der Waals surface area contributed by atoms with Gasteiger partial charge in [-0.3, -0.25) is 0 Å². The van der Waals surface area contributed by atoms with E-state index in [9.17, 15) is 4.79 Å². The maximum atomic E-state index is 12.4. The van der Waals surface area contributed by atoms with E-state index < -0.39 is 5.97 Å². The van der Waals surface area contributed by atoms with Crippen LogP contribution in [0.25, 0.3) is 22.4 Å². The van der Waals surface area contributed by atoms with E-state index in [-0.39, 0.29) is 18.5 Å². The summed E-state index contributed by atoms with van der Waals surface area (Å²) in [6.45, 7) is 3.85. The van der Waals surface area contributed by atoms with Gasteiger partial charge >= 0.3 is 5.97 Å². The maximum absolute atomic E-state index is 12.4. The molecule has 0 unspecified atom stereocenters. The van der Waals surface area contributed by atoms with Crippen LogP contribution in [-0.2, 0) is 11.3 Å². The van der Waals surface area contributed by atoms with Gasteiger partial charge in [-0.25, -0.2) is 14.5 Å². The number of esters is 1. The van der Waals surface area contributed by atoms with Gasteiger partial charge in [0, 0.05) is 23.7 Å². The molecule has 4 rings (SSSR count). The van der Waals surface area contributed by atoms with E-state index in [2.05, 4.69) is 20.2 Å². The summed E-state index contributed by atoms with van der Waals surface area (Å²) >= 11 is 0. The molecule has 0 spiro atoms. The topological polar surface area (TPSA) is 114 Å². The lowest BCUT2D eigenvalue weighted by molar-refractivity contribution is 0.0429. The van der Waals surface area contributed by atoms with Crippen molar-refractivity contribution in [1.29, 1.82) is 0 Å². The normalized spacial score (nSPS) is 11.1. The number of rotatable bonds is 7. The van der Waals surface area contributed by atoms with Crippen molar-refractivity contribution >= 4 is 17.0 Å². The van der Waals surface area contributed by atoms with Crippen LogP contribution in [0.3, 0.4) is 0 Å². The van der Waals surface area contributed by atoms with Crippen LogP contribution in [0.5, 0.6) is 11.5 Å². The standard InChI is InChI=1S/C21H21N5O5/c1-12(2)26-20-13(10-23-26)7-14(9-22-20)21(27)30-11-18-24-19(25-31-18)16-6-5-15(28-3)8-17(16)29-4/h5-10,12H,11H2,1-4H3. The second-order valence-corrected chi connectivity index (χ2v) is 6.97. The molecular formula is C21H21N5O5. The van der Waals surface area contributed by atoms with Crippen molar-refractivity contribution in [2.45, 2.75) is 26.5 Å². The van der Waals surface area contributed by atoms with Gasteiger partial charge in [0.2, 0.25) is 5.82 Å². The lowest BCUT2D eigenvalue weighted by Gasteiger charge is -2.07. The van der Waals surface area contributed by atoms with E-state index in [4.69, 9.17) is 18.7 Å². The number of ether oxygens (including phenoxy) is 3. The summed E-state index contributed by atoms with van der Waals surface area (Å²) in [5.74, 6) is 1.10. The van der Waals surface area contributed by atoms with Gasteiger partial charge in [0.1, 0.15) is 11.5 Å². The molecule has 0 N–H and O–H groups in total. The predicted molar refractivity (Wildman–Crippen MR) is 110 cm³/mol. The van der Waals surface area contributed by atoms with E-state index in [1.54, 1.807) is 42.3 Å². The summed E-state index contributed by atoms with van der Waals surface area (Å²) in [4.78, 5) is 21.1. The van der Waals surface area contributed by atoms with E-state index in [1.165, 1.54) is 13.3 Å². The molecule has 0 fully saturated rings. The zero-order valence-corrected chi connectivity index (χ0v) is 17.5. The van der Waals surface area contributed by atoms with Gasteiger partial charge in [-0.1, -0.05) is 5.16 Å². The van der Waals surface area contributed by atoms with Crippen molar-refractivity contribution < 1.29 is 23.5 Å². The molecule has 31 heavy (non-hydrogen) atoms. The minimum Gasteiger partial charge on any atom is -0.497 e. The van der Waals surface area contributed by atoms with Crippen molar-refractivity contribution in [3.8, 4) is 22.9 Å². The summed E-state index contributed by atoms with van der Waals surface area (Å²) < 4.78 is 22.8. The van der Waals surface area contributed by atoms with Crippen molar-refractivity contribution in [2.24, 2.45) is 0 Å².